The SMILES string of the molecule is CCCCn1c(=O)n(CCCP2(=O)Oc3ccccc3-c3ccccc32)c(=O)n(CC(C)CC)c1=O. The summed E-state index contributed by atoms with van der Waals surface area (Å²) in [7, 11) is -3.27. The lowest BCUT2D eigenvalue weighted by molar-refractivity contribution is 0.383. The minimum Gasteiger partial charge on any atom is -0.439 e. The molecule has 9 heteroatoms. The minimum atomic E-state index is -3.27. The van der Waals surface area contributed by atoms with Gasteiger partial charge in [0.15, 0.2) is 0 Å². The molecule has 0 saturated carbocycles. The van der Waals surface area contributed by atoms with Gasteiger partial charge in [-0.25, -0.2) is 28.1 Å². The summed E-state index contributed by atoms with van der Waals surface area (Å²) in [6, 6.07) is 15.0. The van der Waals surface area contributed by atoms with Crippen molar-refractivity contribution >= 4 is 12.7 Å². The maximum absolute atomic E-state index is 14.0. The third kappa shape index (κ3) is 4.92. The number of hydrogen-bond donors (Lipinski definition) is 0. The molecular weight excluding hydrogens is 477 g/mol. The van der Waals surface area contributed by atoms with Crippen molar-refractivity contribution in [2.75, 3.05) is 6.16 Å². The molecule has 0 aliphatic carbocycles. The Morgan fingerprint density at radius 1 is 0.806 bits per heavy atom. The lowest BCUT2D eigenvalue weighted by Crippen LogP contribution is -2.55. The Balaban J connectivity index is 1.65. The molecule has 4 rings (SSSR count). The monoisotopic (exact) mass is 511 g/mol. The summed E-state index contributed by atoms with van der Waals surface area (Å²) in [6.07, 6.45) is 2.75. The van der Waals surface area contributed by atoms with Crippen molar-refractivity contribution in [2.24, 2.45) is 5.92 Å². The molecule has 0 bridgehead atoms. The molecule has 3 aromatic rings. The molecule has 2 atom stereocenters. The van der Waals surface area contributed by atoms with E-state index in [1.165, 1.54) is 4.57 Å². The van der Waals surface area contributed by atoms with Crippen LogP contribution < -0.4 is 26.9 Å². The van der Waals surface area contributed by atoms with Gasteiger partial charge in [0, 0.05) is 31.4 Å². The first-order valence-electron chi connectivity index (χ1n) is 12.7. The highest BCUT2D eigenvalue weighted by Crippen LogP contribution is 2.54. The smallest absolute Gasteiger partial charge is 0.336 e. The van der Waals surface area contributed by atoms with E-state index in [2.05, 4.69) is 0 Å². The van der Waals surface area contributed by atoms with E-state index in [9.17, 15) is 18.9 Å². The topological polar surface area (TPSA) is 92.3 Å². The summed E-state index contributed by atoms with van der Waals surface area (Å²) in [4.78, 5) is 39.4. The second-order valence-electron chi connectivity index (χ2n) is 9.48. The normalized spacial score (nSPS) is 17.2. The van der Waals surface area contributed by atoms with Gasteiger partial charge in [-0.15, -0.1) is 0 Å². The van der Waals surface area contributed by atoms with E-state index < -0.39 is 24.4 Å². The van der Waals surface area contributed by atoms with Crippen LogP contribution in [0.2, 0.25) is 0 Å². The van der Waals surface area contributed by atoms with Crippen LogP contribution >= 0.6 is 7.37 Å². The highest BCUT2D eigenvalue weighted by Gasteiger charge is 2.35. The highest BCUT2D eigenvalue weighted by molar-refractivity contribution is 7.67. The molecule has 0 spiro atoms. The fourth-order valence-electron chi connectivity index (χ4n) is 4.56. The Morgan fingerprint density at radius 3 is 2.06 bits per heavy atom. The standard InChI is InChI=1S/C27H34N3O5P/c1-4-6-16-28-25(31)29(27(33)30(26(28)32)19-20(3)5-2)17-11-18-36(34)24-15-10-8-13-22(24)21-12-7-9-14-23(21)35-36/h7-10,12-15,20H,4-6,11,16-19H2,1-3H3. The van der Waals surface area contributed by atoms with Crippen molar-refractivity contribution in [1.82, 2.24) is 13.7 Å². The lowest BCUT2D eigenvalue weighted by Gasteiger charge is -2.28. The van der Waals surface area contributed by atoms with Crippen molar-refractivity contribution < 1.29 is 9.09 Å². The van der Waals surface area contributed by atoms with Crippen LogP contribution in [0.4, 0.5) is 0 Å². The van der Waals surface area contributed by atoms with E-state index in [1.54, 1.807) is 6.07 Å². The van der Waals surface area contributed by atoms with Gasteiger partial charge in [-0.3, -0.25) is 4.57 Å². The molecule has 2 unspecified atom stereocenters. The third-order valence-electron chi connectivity index (χ3n) is 6.84. The first-order valence-corrected chi connectivity index (χ1v) is 14.5. The van der Waals surface area contributed by atoms with Crippen LogP contribution in [0.25, 0.3) is 11.1 Å². The van der Waals surface area contributed by atoms with Gasteiger partial charge in [0.2, 0.25) is 0 Å². The maximum atomic E-state index is 14.0. The highest BCUT2D eigenvalue weighted by atomic mass is 31.2. The second-order valence-corrected chi connectivity index (χ2v) is 11.9. The average Bonchev–Trinajstić information content (AvgIpc) is 2.88. The van der Waals surface area contributed by atoms with Crippen LogP contribution in [0.1, 0.15) is 46.5 Å². The van der Waals surface area contributed by atoms with Crippen molar-refractivity contribution in [3.63, 3.8) is 0 Å². The number of aromatic nitrogens is 3. The molecular formula is C27H34N3O5P. The van der Waals surface area contributed by atoms with Crippen LogP contribution in [0.3, 0.4) is 0 Å². The van der Waals surface area contributed by atoms with Gasteiger partial charge in [-0.05, 0) is 36.5 Å². The zero-order valence-corrected chi connectivity index (χ0v) is 22.1. The van der Waals surface area contributed by atoms with Crippen molar-refractivity contribution in [2.45, 2.75) is 66.1 Å². The van der Waals surface area contributed by atoms with Gasteiger partial charge in [-0.2, -0.15) is 0 Å². The molecule has 0 radical (unpaired) electrons. The molecule has 1 aliphatic rings. The quantitative estimate of drug-likeness (QED) is 0.383. The molecule has 8 nitrogen and oxygen atoms in total. The molecule has 0 N–H and O–H groups in total. The van der Waals surface area contributed by atoms with Gasteiger partial charge in [0.1, 0.15) is 5.75 Å². The molecule has 36 heavy (non-hydrogen) atoms. The van der Waals surface area contributed by atoms with Gasteiger partial charge >= 0.3 is 17.1 Å². The number of benzene rings is 2. The number of para-hydroxylation sites is 1. The zero-order chi connectivity index (χ0) is 25.9. The number of hydrogen-bond acceptors (Lipinski definition) is 5. The van der Waals surface area contributed by atoms with Crippen molar-refractivity contribution in [3.05, 3.63) is 80.0 Å². The fourth-order valence-corrected chi connectivity index (χ4v) is 6.90. The van der Waals surface area contributed by atoms with E-state index in [0.717, 1.165) is 33.1 Å². The predicted molar refractivity (Wildman–Crippen MR) is 143 cm³/mol. The van der Waals surface area contributed by atoms with Gasteiger partial charge in [-0.1, -0.05) is 70.0 Å². The lowest BCUT2D eigenvalue weighted by atomic mass is 10.0. The second kappa shape index (κ2) is 10.9. The predicted octanol–water partition coefficient (Wildman–Crippen LogP) is 4.07. The van der Waals surface area contributed by atoms with Crippen LogP contribution in [-0.2, 0) is 24.2 Å². The Hall–Kier alpha value is -3.12. The molecule has 192 valence electrons. The summed E-state index contributed by atoms with van der Waals surface area (Å²) >= 11 is 0. The summed E-state index contributed by atoms with van der Waals surface area (Å²) in [5.74, 6) is 0.685. The molecule has 0 fully saturated rings. The van der Waals surface area contributed by atoms with Crippen molar-refractivity contribution in [3.8, 4) is 16.9 Å². The van der Waals surface area contributed by atoms with Gasteiger partial charge in [0.05, 0.1) is 5.30 Å². The summed E-state index contributed by atoms with van der Waals surface area (Å²) in [5, 5.41) is 0.651. The van der Waals surface area contributed by atoms with Crippen LogP contribution in [-0.4, -0.2) is 19.9 Å². The Labute approximate surface area is 210 Å². The Bertz CT molecular complexity index is 1470. The van der Waals surface area contributed by atoms with Gasteiger partial charge < -0.3 is 4.52 Å². The average molecular weight is 512 g/mol. The van der Waals surface area contributed by atoms with E-state index in [4.69, 9.17) is 4.52 Å². The van der Waals surface area contributed by atoms with Crippen LogP contribution in [0.5, 0.6) is 5.75 Å². The Kier molecular flexibility index (Phi) is 7.84. The fraction of sp³-hybridized carbons (Fsp3) is 0.444. The summed E-state index contributed by atoms with van der Waals surface area (Å²) in [5.41, 5.74) is 0.0126. The number of rotatable bonds is 10. The van der Waals surface area contributed by atoms with Gasteiger partial charge in [0.25, 0.3) is 7.37 Å². The molecule has 2 heterocycles. The summed E-state index contributed by atoms with van der Waals surface area (Å²) < 4.78 is 23.6. The third-order valence-corrected chi connectivity index (χ3v) is 9.36. The van der Waals surface area contributed by atoms with E-state index in [1.807, 2.05) is 63.2 Å². The van der Waals surface area contributed by atoms with E-state index in [-0.39, 0.29) is 38.1 Å². The first-order chi connectivity index (χ1) is 17.3. The molecule has 1 aliphatic heterocycles. The summed E-state index contributed by atoms with van der Waals surface area (Å²) in [6.45, 7) is 6.53. The number of fused-ring (bicyclic) bond motifs is 3. The minimum absolute atomic E-state index is 0.0573. The molecule has 2 aromatic carbocycles. The van der Waals surface area contributed by atoms with Crippen LogP contribution in [0, 0.1) is 5.92 Å². The maximum Gasteiger partial charge on any atom is 0.336 e. The van der Waals surface area contributed by atoms with Crippen molar-refractivity contribution in [1.29, 1.82) is 0 Å². The zero-order valence-electron chi connectivity index (χ0n) is 21.2. The largest absolute Gasteiger partial charge is 0.439 e. The first kappa shape index (κ1) is 26.0. The molecule has 0 amide bonds. The number of unbranched alkanes of at least 4 members (excludes halogenated alkanes) is 1. The molecule has 0 saturated heterocycles. The number of nitrogens with zero attached hydrogens (tertiary/aromatic N) is 3. The Morgan fingerprint density at radius 2 is 1.39 bits per heavy atom. The van der Waals surface area contributed by atoms with E-state index >= 15 is 0 Å². The van der Waals surface area contributed by atoms with E-state index in [0.29, 0.717) is 17.5 Å². The van der Waals surface area contributed by atoms with Crippen LogP contribution in [0.15, 0.2) is 62.9 Å². The molecule has 1 aromatic heterocycles.